The van der Waals surface area contributed by atoms with Crippen molar-refractivity contribution in [2.45, 2.75) is 98.4 Å². The summed E-state index contributed by atoms with van der Waals surface area (Å²) >= 11 is 22.9. The summed E-state index contributed by atoms with van der Waals surface area (Å²) in [7, 11) is 9.44. The van der Waals surface area contributed by atoms with E-state index in [-0.39, 0.29) is 89.8 Å². The summed E-state index contributed by atoms with van der Waals surface area (Å²) in [6.07, 6.45) is 0.136. The molecule has 1 aliphatic rings. The van der Waals surface area contributed by atoms with Crippen LogP contribution in [-0.4, -0.2) is 142 Å². The number of azide groups is 2. The summed E-state index contributed by atoms with van der Waals surface area (Å²) < 4.78 is 39.2. The van der Waals surface area contributed by atoms with Crippen LogP contribution in [0.15, 0.2) is 144 Å². The minimum atomic E-state index is -0.937. The van der Waals surface area contributed by atoms with Crippen LogP contribution in [0, 0.1) is 13.8 Å². The molecule has 32 heteroatoms. The van der Waals surface area contributed by atoms with Gasteiger partial charge in [0.25, 0.3) is 17.1 Å². The molecule has 1 heterocycles. The second-order valence-corrected chi connectivity index (χ2v) is 24.5. The Bertz CT molecular complexity index is 4450. The first-order valence-corrected chi connectivity index (χ1v) is 33.2. The number of halogens is 4. The van der Waals surface area contributed by atoms with E-state index in [0.29, 0.717) is 66.3 Å². The third-order valence-electron chi connectivity index (χ3n) is 15.6. The fraction of sp³-hybridized carbons (Fsp3) is 0.297. The zero-order valence-electron chi connectivity index (χ0n) is 60.1. The van der Waals surface area contributed by atoms with Crippen LogP contribution >= 0.6 is 46.4 Å². The minimum absolute atomic E-state index is 0.0374. The Morgan fingerprint density at radius 3 is 1.56 bits per heavy atom. The van der Waals surface area contributed by atoms with Crippen LogP contribution in [0.25, 0.3) is 20.9 Å². The molecule has 0 aromatic heterocycles. The number of nitrogens with zero attached hydrogens (tertiary/aromatic N) is 8. The number of nitrogens with one attached hydrogen (secondary N) is 1. The van der Waals surface area contributed by atoms with Crippen molar-refractivity contribution >= 4 is 116 Å². The number of amides is 2. The summed E-state index contributed by atoms with van der Waals surface area (Å²) in [5.74, 6) is -2.48. The van der Waals surface area contributed by atoms with Gasteiger partial charge in [-0.3, -0.25) is 28.8 Å². The number of methoxy groups -OCH3 is 7. The molecule has 8 rings (SSSR count). The van der Waals surface area contributed by atoms with Crippen LogP contribution in [0.2, 0.25) is 15.1 Å². The van der Waals surface area contributed by atoms with Gasteiger partial charge in [0, 0.05) is 67.6 Å². The Morgan fingerprint density at radius 1 is 0.585 bits per heavy atom. The molecule has 0 saturated carbocycles. The first-order valence-electron chi connectivity index (χ1n) is 31.7. The second-order valence-electron chi connectivity index (χ2n) is 22.8. The lowest BCUT2D eigenvalue weighted by Crippen LogP contribution is -2.43. The second kappa shape index (κ2) is 43.3. The molecule has 0 fully saturated rings. The topological polar surface area (TPSA) is 387 Å². The van der Waals surface area contributed by atoms with Gasteiger partial charge < -0.3 is 58.7 Å². The van der Waals surface area contributed by atoms with E-state index in [2.05, 4.69) is 39.6 Å². The molecular formula is C74H78Cl4N10O18. The van der Waals surface area contributed by atoms with Crippen LogP contribution in [-0.2, 0) is 80.3 Å². The fourth-order valence-electron chi connectivity index (χ4n) is 9.82. The van der Waals surface area contributed by atoms with E-state index in [1.807, 2.05) is 43.3 Å². The van der Waals surface area contributed by atoms with Crippen LogP contribution in [0.5, 0.6) is 11.5 Å². The van der Waals surface area contributed by atoms with Crippen LogP contribution in [0.4, 0.5) is 11.4 Å². The molecule has 28 nitrogen and oxygen atoms in total. The molecule has 560 valence electrons. The molecule has 0 saturated heterocycles. The summed E-state index contributed by atoms with van der Waals surface area (Å²) in [6, 6.07) is 33.9. The first kappa shape index (κ1) is 87.3. The highest BCUT2D eigenvalue weighted by Gasteiger charge is 2.34. The SMILES string of the molecule is COC(=O)[C@@H](C)N.COC(=O)c1ccc(CN(C(=O)c2ccc(Cl)cc2N=[N+]=[N-])[C@H](C)C(=O)OC)cc1C.COC(=O)c1ccc(CN2C(=O)c3ccc(Cl)cc3CC(=O)[C@H]2C)cc1OCc1ccc(OC)cc1.COC(=O)c1ccc(CN[C@H](C)C(=O)OC)cc1C.[N-]=[N+]=Nc1cc(Cl)ccc1C(=O)Cl. The van der Waals surface area contributed by atoms with Gasteiger partial charge in [-0.25, -0.2) is 19.2 Å². The quantitative estimate of drug-likeness (QED) is 0.0159. The minimum Gasteiger partial charge on any atom is -0.497 e. The van der Waals surface area contributed by atoms with E-state index in [1.165, 1.54) is 95.8 Å². The maximum absolute atomic E-state index is 13.4. The summed E-state index contributed by atoms with van der Waals surface area (Å²) in [6.45, 7) is 11.1. The molecule has 0 spiro atoms. The molecule has 4 atom stereocenters. The number of ether oxygens (including phenoxy) is 8. The highest BCUT2D eigenvalue weighted by molar-refractivity contribution is 6.68. The number of fused-ring (bicyclic) bond motifs is 1. The molecular weight excluding hydrogens is 1460 g/mol. The Labute approximate surface area is 631 Å². The predicted molar refractivity (Wildman–Crippen MR) is 396 cm³/mol. The van der Waals surface area contributed by atoms with Gasteiger partial charge in [-0.05, 0) is 194 Å². The number of aryl methyl sites for hydroxylation is 2. The lowest BCUT2D eigenvalue weighted by Gasteiger charge is -2.28. The Morgan fingerprint density at radius 2 is 1.06 bits per heavy atom. The lowest BCUT2D eigenvalue weighted by molar-refractivity contribution is -0.145. The third kappa shape index (κ3) is 25.7. The van der Waals surface area contributed by atoms with Crippen LogP contribution in [0.3, 0.4) is 0 Å². The van der Waals surface area contributed by atoms with Crippen molar-refractivity contribution in [1.29, 1.82) is 0 Å². The number of hydrogen-bond acceptors (Lipinski definition) is 22. The van der Waals surface area contributed by atoms with Crippen molar-refractivity contribution in [2.24, 2.45) is 16.0 Å². The first-order chi connectivity index (χ1) is 50.3. The Hall–Kier alpha value is -11.1. The number of carbonyl (C=O) groups is 10. The number of Topliss-reactive ketones (excluding diaryl/α,β-unsaturated/α-hetero) is 1. The molecule has 0 unspecified atom stereocenters. The van der Waals surface area contributed by atoms with Crippen molar-refractivity contribution < 1.29 is 85.8 Å². The number of hydrogen-bond donors (Lipinski definition) is 2. The van der Waals surface area contributed by atoms with Crippen LogP contribution < -0.4 is 20.5 Å². The molecule has 0 aliphatic carbocycles. The number of esters is 6. The average molecular weight is 1540 g/mol. The number of nitrogens with two attached hydrogens (primary N) is 1. The van der Waals surface area contributed by atoms with E-state index in [4.69, 9.17) is 86.9 Å². The van der Waals surface area contributed by atoms with E-state index in [9.17, 15) is 47.9 Å². The molecule has 0 radical (unpaired) electrons. The van der Waals surface area contributed by atoms with Gasteiger partial charge in [0.2, 0.25) is 0 Å². The van der Waals surface area contributed by atoms with Gasteiger partial charge in [0.15, 0.2) is 5.78 Å². The van der Waals surface area contributed by atoms with E-state index in [1.54, 1.807) is 95.5 Å². The summed E-state index contributed by atoms with van der Waals surface area (Å²) in [5, 5.41) is 10.3. The molecule has 0 bridgehead atoms. The molecule has 7 aromatic rings. The van der Waals surface area contributed by atoms with Crippen molar-refractivity contribution in [2.75, 3.05) is 49.8 Å². The fourth-order valence-corrected chi connectivity index (χ4v) is 10.5. The van der Waals surface area contributed by atoms with Crippen molar-refractivity contribution in [3.8, 4) is 11.5 Å². The van der Waals surface area contributed by atoms with Gasteiger partial charge in [0.05, 0.1) is 78.3 Å². The highest BCUT2D eigenvalue weighted by atomic mass is 35.5. The van der Waals surface area contributed by atoms with E-state index >= 15 is 0 Å². The molecule has 1 aliphatic heterocycles. The zero-order valence-corrected chi connectivity index (χ0v) is 63.1. The standard InChI is InChI=1S/C28H26ClNO6.C21H21ClN4O5.C14H19NO4.C7H3Cl2N3O.C4H9NO2/c1-17-25(31)14-20-13-21(29)7-11-23(20)27(32)30(17)15-19-6-10-24(28(33)35-3)26(12-19)36-16-18-4-8-22(34-2)9-5-18;1-12-9-14(5-7-16(12)21(29)31-4)11-26(13(2)20(28)30-3)19(27)17-8-6-15(22)10-18(17)24-25-23;1-9-7-11(5-6-12(9)14(17)19-4)8-15-10(2)13(16)18-3;8-4-1-2-5(7(9)13)6(3-4)11-12-10;1-3(5)4(6)7-2/h4-13,17H,14-16H2,1-3H3;5-10,13H,11H2,1-4H3;5-7,10,15H,8H2,1-4H3;1-3H;3H,5H2,1-2H3/t17-;13-;10-;;3-/m111.1/s1. The normalized spacial score (nSPS) is 12.5. The smallest absolute Gasteiger partial charge is 0.341 e. The van der Waals surface area contributed by atoms with Crippen molar-refractivity contribution in [3.63, 3.8) is 0 Å². The predicted octanol–water partition coefficient (Wildman–Crippen LogP) is 14.1. The van der Waals surface area contributed by atoms with Gasteiger partial charge in [0.1, 0.15) is 41.8 Å². The van der Waals surface area contributed by atoms with Crippen molar-refractivity contribution in [3.05, 3.63) is 242 Å². The van der Waals surface area contributed by atoms with E-state index < -0.39 is 47.2 Å². The third-order valence-corrected chi connectivity index (χ3v) is 16.5. The Balaban J connectivity index is 0.000000306. The number of benzene rings is 7. The summed E-state index contributed by atoms with van der Waals surface area (Å²) in [5.41, 5.74) is 29.5. The lowest BCUT2D eigenvalue weighted by atomic mass is 10.0. The van der Waals surface area contributed by atoms with Gasteiger partial charge in [-0.1, -0.05) is 87.5 Å². The molecule has 2 amide bonds. The summed E-state index contributed by atoms with van der Waals surface area (Å²) in [4.78, 5) is 128. The maximum Gasteiger partial charge on any atom is 0.341 e. The Kier molecular flexibility index (Phi) is 35.7. The number of rotatable bonds is 22. The molecule has 106 heavy (non-hydrogen) atoms. The number of carbonyl (C=O) groups excluding carboxylic acids is 10. The highest BCUT2D eigenvalue weighted by Crippen LogP contribution is 2.31. The van der Waals surface area contributed by atoms with Crippen LogP contribution in [0.1, 0.15) is 129 Å². The number of ketones is 1. The van der Waals surface area contributed by atoms with E-state index in [0.717, 1.165) is 22.4 Å². The molecule has 3 N–H and O–H groups in total. The molecule has 7 aromatic carbocycles. The van der Waals surface area contributed by atoms with Gasteiger partial charge in [-0.15, -0.1) is 0 Å². The largest absolute Gasteiger partial charge is 0.497 e. The maximum atomic E-state index is 13.4. The average Bonchev–Trinajstić information content (AvgIpc) is 1.50. The zero-order chi connectivity index (χ0) is 79.1. The van der Waals surface area contributed by atoms with Gasteiger partial charge in [-0.2, -0.15) is 0 Å². The van der Waals surface area contributed by atoms with Crippen molar-refractivity contribution in [1.82, 2.24) is 15.1 Å². The monoisotopic (exact) mass is 1530 g/mol. The van der Waals surface area contributed by atoms with Gasteiger partial charge >= 0.3 is 35.8 Å².